The number of alkyl halides is 3. The van der Waals surface area contributed by atoms with Crippen LogP contribution in [0.3, 0.4) is 0 Å². The van der Waals surface area contributed by atoms with Crippen LogP contribution in [0, 0.1) is 6.92 Å². The number of hydrogen-bond donors (Lipinski definition) is 1. The molecular formula is C23H22F3N3O2. The second-order valence-electron chi connectivity index (χ2n) is 6.95. The van der Waals surface area contributed by atoms with Crippen molar-refractivity contribution in [3.8, 4) is 5.75 Å². The van der Waals surface area contributed by atoms with Gasteiger partial charge in [-0.1, -0.05) is 43.0 Å². The molecule has 1 aromatic heterocycles. The standard InChI is InChI=1S/C23H22F3N3O2/c1-3-4-5-21-16(2)28(14-17-6-10-19(27)11-7-17)22(30)29(21)15-18-8-12-20(13-9-18)31-23(24,25)26/h3-13H,1,14-15,27H2,2H3/b5-4-. The summed E-state index contributed by atoms with van der Waals surface area (Å²) in [6.07, 6.45) is 0.364. The Bertz CT molecular complexity index is 1140. The van der Waals surface area contributed by atoms with Crippen molar-refractivity contribution in [3.63, 3.8) is 0 Å². The molecule has 1 heterocycles. The molecule has 5 nitrogen and oxygen atoms in total. The summed E-state index contributed by atoms with van der Waals surface area (Å²) in [7, 11) is 0. The molecule has 0 fully saturated rings. The zero-order valence-corrected chi connectivity index (χ0v) is 16.9. The van der Waals surface area contributed by atoms with Crippen LogP contribution in [0.15, 0.2) is 72.1 Å². The lowest BCUT2D eigenvalue weighted by Gasteiger charge is -2.10. The summed E-state index contributed by atoms with van der Waals surface area (Å²) < 4.78 is 44.2. The zero-order chi connectivity index (χ0) is 22.6. The number of rotatable bonds is 7. The third kappa shape index (κ3) is 5.48. The van der Waals surface area contributed by atoms with Crippen molar-refractivity contribution in [2.45, 2.75) is 26.4 Å². The highest BCUT2D eigenvalue weighted by Crippen LogP contribution is 2.23. The van der Waals surface area contributed by atoms with Crippen molar-refractivity contribution in [3.05, 3.63) is 100 Å². The molecule has 0 saturated carbocycles. The highest BCUT2D eigenvalue weighted by Gasteiger charge is 2.31. The van der Waals surface area contributed by atoms with E-state index in [1.54, 1.807) is 39.5 Å². The van der Waals surface area contributed by atoms with E-state index in [1.165, 1.54) is 24.3 Å². The number of nitrogen functional groups attached to an aromatic ring is 1. The lowest BCUT2D eigenvalue weighted by atomic mass is 10.2. The van der Waals surface area contributed by atoms with Crippen molar-refractivity contribution >= 4 is 11.8 Å². The average molecular weight is 429 g/mol. The van der Waals surface area contributed by atoms with Gasteiger partial charge in [-0.05, 0) is 48.4 Å². The van der Waals surface area contributed by atoms with E-state index in [0.717, 1.165) is 11.3 Å². The van der Waals surface area contributed by atoms with Crippen molar-refractivity contribution in [2.24, 2.45) is 0 Å². The molecule has 0 amide bonds. The molecule has 31 heavy (non-hydrogen) atoms. The molecule has 2 aromatic carbocycles. The SMILES string of the molecule is C=C/C=C\c1c(C)n(Cc2ccc(N)cc2)c(=O)n1Cc1ccc(OC(F)(F)F)cc1. The molecule has 0 atom stereocenters. The van der Waals surface area contributed by atoms with E-state index < -0.39 is 6.36 Å². The van der Waals surface area contributed by atoms with E-state index in [2.05, 4.69) is 11.3 Å². The quantitative estimate of drug-likeness (QED) is 0.436. The van der Waals surface area contributed by atoms with Crippen LogP contribution >= 0.6 is 0 Å². The summed E-state index contributed by atoms with van der Waals surface area (Å²) in [5.74, 6) is -0.313. The largest absolute Gasteiger partial charge is 0.573 e. The van der Waals surface area contributed by atoms with E-state index in [-0.39, 0.29) is 18.0 Å². The molecule has 0 radical (unpaired) electrons. The second kappa shape index (κ2) is 8.99. The fraction of sp³-hybridized carbons (Fsp3) is 0.174. The van der Waals surface area contributed by atoms with Crippen molar-refractivity contribution in [1.29, 1.82) is 0 Å². The predicted molar refractivity (Wildman–Crippen MR) is 115 cm³/mol. The Morgan fingerprint density at radius 1 is 1.00 bits per heavy atom. The molecular weight excluding hydrogens is 407 g/mol. The van der Waals surface area contributed by atoms with Crippen LogP contribution in [0.5, 0.6) is 5.75 Å². The molecule has 162 valence electrons. The van der Waals surface area contributed by atoms with Gasteiger partial charge < -0.3 is 10.5 Å². The maximum absolute atomic E-state index is 13.2. The van der Waals surface area contributed by atoms with Crippen LogP contribution < -0.4 is 16.2 Å². The third-order valence-corrected chi connectivity index (χ3v) is 4.74. The molecule has 8 heteroatoms. The topological polar surface area (TPSA) is 62.2 Å². The summed E-state index contributed by atoms with van der Waals surface area (Å²) in [6.45, 7) is 6.07. The highest BCUT2D eigenvalue weighted by molar-refractivity contribution is 5.50. The van der Waals surface area contributed by atoms with Gasteiger partial charge in [-0.3, -0.25) is 9.13 Å². The number of allylic oxidation sites excluding steroid dienone is 2. The first kappa shape index (κ1) is 22.0. The minimum atomic E-state index is -4.75. The van der Waals surface area contributed by atoms with Crippen molar-refractivity contribution < 1.29 is 17.9 Å². The molecule has 0 bridgehead atoms. The number of nitrogens with two attached hydrogens (primary N) is 1. The first-order chi connectivity index (χ1) is 14.7. The number of aromatic nitrogens is 2. The molecule has 0 spiro atoms. The number of imidazole rings is 1. The molecule has 0 saturated heterocycles. The van der Waals surface area contributed by atoms with E-state index in [1.807, 2.05) is 19.1 Å². The maximum atomic E-state index is 13.2. The van der Waals surface area contributed by atoms with Gasteiger partial charge in [0.25, 0.3) is 0 Å². The van der Waals surface area contributed by atoms with Gasteiger partial charge in [0.2, 0.25) is 0 Å². The Kier molecular flexibility index (Phi) is 6.39. The number of anilines is 1. The van der Waals surface area contributed by atoms with Crippen LogP contribution in [-0.2, 0) is 13.1 Å². The van der Waals surface area contributed by atoms with Crippen LogP contribution in [-0.4, -0.2) is 15.5 Å². The molecule has 0 unspecified atom stereocenters. The van der Waals surface area contributed by atoms with Crippen LogP contribution in [0.2, 0.25) is 0 Å². The molecule has 0 aliphatic carbocycles. The molecule has 0 aliphatic rings. The second-order valence-corrected chi connectivity index (χ2v) is 6.95. The zero-order valence-electron chi connectivity index (χ0n) is 16.9. The fourth-order valence-corrected chi connectivity index (χ4v) is 3.22. The van der Waals surface area contributed by atoms with E-state index in [0.29, 0.717) is 23.5 Å². The minimum absolute atomic E-state index is 0.192. The highest BCUT2D eigenvalue weighted by atomic mass is 19.4. The number of hydrogen-bond acceptors (Lipinski definition) is 3. The smallest absolute Gasteiger partial charge is 0.406 e. The van der Waals surface area contributed by atoms with Crippen molar-refractivity contribution in [1.82, 2.24) is 9.13 Å². The van der Waals surface area contributed by atoms with Gasteiger partial charge in [0, 0.05) is 11.4 Å². The lowest BCUT2D eigenvalue weighted by Crippen LogP contribution is -2.26. The molecule has 0 aliphatic heterocycles. The van der Waals surface area contributed by atoms with E-state index >= 15 is 0 Å². The Morgan fingerprint density at radius 2 is 1.55 bits per heavy atom. The first-order valence-electron chi connectivity index (χ1n) is 9.46. The molecule has 3 aromatic rings. The van der Waals surface area contributed by atoms with Gasteiger partial charge in [-0.15, -0.1) is 13.2 Å². The van der Waals surface area contributed by atoms with Crippen molar-refractivity contribution in [2.75, 3.05) is 5.73 Å². The minimum Gasteiger partial charge on any atom is -0.406 e. The van der Waals surface area contributed by atoms with Gasteiger partial charge in [0.15, 0.2) is 0 Å². The lowest BCUT2D eigenvalue weighted by molar-refractivity contribution is -0.274. The first-order valence-corrected chi connectivity index (χ1v) is 9.46. The number of halogens is 3. The molecule has 3 rings (SSSR count). The Labute approximate surface area is 177 Å². The van der Waals surface area contributed by atoms with E-state index in [4.69, 9.17) is 5.73 Å². The number of ether oxygens (including phenoxy) is 1. The Balaban J connectivity index is 1.95. The third-order valence-electron chi connectivity index (χ3n) is 4.74. The van der Waals surface area contributed by atoms with Crippen LogP contribution in [0.25, 0.3) is 6.08 Å². The predicted octanol–water partition coefficient (Wildman–Crippen LogP) is 4.73. The monoisotopic (exact) mass is 429 g/mol. The average Bonchev–Trinajstić information content (AvgIpc) is 2.92. The Hall–Kier alpha value is -3.68. The summed E-state index contributed by atoms with van der Waals surface area (Å²) in [5, 5.41) is 0. The van der Waals surface area contributed by atoms with Gasteiger partial charge in [-0.2, -0.15) is 0 Å². The van der Waals surface area contributed by atoms with Gasteiger partial charge in [0.05, 0.1) is 18.8 Å². The van der Waals surface area contributed by atoms with E-state index in [9.17, 15) is 18.0 Å². The van der Waals surface area contributed by atoms with Gasteiger partial charge in [-0.25, -0.2) is 4.79 Å². The maximum Gasteiger partial charge on any atom is 0.573 e. The molecule has 2 N–H and O–H groups in total. The fourth-order valence-electron chi connectivity index (χ4n) is 3.22. The van der Waals surface area contributed by atoms with Crippen LogP contribution in [0.1, 0.15) is 22.5 Å². The Morgan fingerprint density at radius 3 is 2.10 bits per heavy atom. The number of benzene rings is 2. The van der Waals surface area contributed by atoms with Gasteiger partial charge in [0.1, 0.15) is 5.75 Å². The van der Waals surface area contributed by atoms with Gasteiger partial charge >= 0.3 is 12.1 Å². The summed E-state index contributed by atoms with van der Waals surface area (Å²) in [6, 6.07) is 12.7. The summed E-state index contributed by atoms with van der Waals surface area (Å²) >= 11 is 0. The normalized spacial score (nSPS) is 11.7. The number of nitrogens with zero attached hydrogens (tertiary/aromatic N) is 2. The summed E-state index contributed by atoms with van der Waals surface area (Å²) in [5.41, 5.74) is 9.17. The van der Waals surface area contributed by atoms with Crippen LogP contribution in [0.4, 0.5) is 18.9 Å². The summed E-state index contributed by atoms with van der Waals surface area (Å²) in [4.78, 5) is 13.2.